The number of thiazole rings is 1. The van der Waals surface area contributed by atoms with Crippen molar-refractivity contribution in [1.82, 2.24) is 15.0 Å². The van der Waals surface area contributed by atoms with Crippen LogP contribution in [-0.2, 0) is 0 Å². The predicted octanol–water partition coefficient (Wildman–Crippen LogP) is 2.81. The van der Waals surface area contributed by atoms with Crippen molar-refractivity contribution in [2.24, 2.45) is 0 Å². The molecule has 0 unspecified atom stereocenters. The first-order valence-electron chi connectivity index (χ1n) is 6.63. The van der Waals surface area contributed by atoms with Crippen LogP contribution < -0.4 is 11.1 Å². The summed E-state index contributed by atoms with van der Waals surface area (Å²) in [5.41, 5.74) is 7.91. The molecule has 1 aromatic carbocycles. The van der Waals surface area contributed by atoms with Crippen LogP contribution in [0.5, 0.6) is 5.75 Å². The SMILES string of the molecule is Cc1nc(N)sc1-c1nc(Nc2cccc(O)c2)ncc1C#N. The molecule has 2 heterocycles. The van der Waals surface area contributed by atoms with Gasteiger partial charge in [-0.15, -0.1) is 0 Å². The number of nitrogens with one attached hydrogen (secondary N) is 1. The zero-order chi connectivity index (χ0) is 16.4. The number of anilines is 3. The Balaban J connectivity index is 2.03. The van der Waals surface area contributed by atoms with Gasteiger partial charge >= 0.3 is 0 Å². The molecule has 0 atom stereocenters. The number of aromatic nitrogens is 3. The van der Waals surface area contributed by atoms with Crippen LogP contribution in [0.3, 0.4) is 0 Å². The number of aromatic hydroxyl groups is 1. The van der Waals surface area contributed by atoms with Gasteiger partial charge in [0.1, 0.15) is 17.5 Å². The smallest absolute Gasteiger partial charge is 0.227 e. The second-order valence-corrected chi connectivity index (χ2v) is 5.74. The van der Waals surface area contributed by atoms with Gasteiger partial charge in [-0.2, -0.15) is 5.26 Å². The molecule has 0 radical (unpaired) electrons. The molecule has 0 aliphatic rings. The summed E-state index contributed by atoms with van der Waals surface area (Å²) in [5.74, 6) is 0.450. The molecule has 0 aliphatic carbocycles. The quantitative estimate of drug-likeness (QED) is 0.677. The second-order valence-electron chi connectivity index (χ2n) is 4.71. The largest absolute Gasteiger partial charge is 0.508 e. The Hall–Kier alpha value is -3.18. The molecular formula is C15H12N6OS. The van der Waals surface area contributed by atoms with Gasteiger partial charge in [0.15, 0.2) is 5.13 Å². The summed E-state index contributed by atoms with van der Waals surface area (Å²) in [6, 6.07) is 8.68. The molecule has 8 heteroatoms. The van der Waals surface area contributed by atoms with E-state index in [1.165, 1.54) is 17.5 Å². The van der Waals surface area contributed by atoms with Crippen molar-refractivity contribution < 1.29 is 5.11 Å². The minimum atomic E-state index is 0.134. The van der Waals surface area contributed by atoms with E-state index in [9.17, 15) is 10.4 Å². The van der Waals surface area contributed by atoms with E-state index in [4.69, 9.17) is 5.73 Å². The molecule has 0 saturated carbocycles. The number of phenolic OH excluding ortho intramolecular Hbond substituents is 1. The number of rotatable bonds is 3. The molecular weight excluding hydrogens is 312 g/mol. The van der Waals surface area contributed by atoms with Crippen molar-refractivity contribution in [2.75, 3.05) is 11.1 Å². The minimum absolute atomic E-state index is 0.134. The van der Waals surface area contributed by atoms with Crippen molar-refractivity contribution in [3.63, 3.8) is 0 Å². The van der Waals surface area contributed by atoms with E-state index < -0.39 is 0 Å². The monoisotopic (exact) mass is 324 g/mol. The van der Waals surface area contributed by atoms with E-state index >= 15 is 0 Å². The lowest BCUT2D eigenvalue weighted by atomic mass is 10.2. The maximum absolute atomic E-state index is 9.50. The van der Waals surface area contributed by atoms with Gasteiger partial charge < -0.3 is 16.2 Å². The highest BCUT2D eigenvalue weighted by molar-refractivity contribution is 7.18. The molecule has 114 valence electrons. The maximum Gasteiger partial charge on any atom is 0.227 e. The standard InChI is InChI=1S/C15H12N6OS/c1-8-13(23-14(17)19-8)12-9(6-16)7-18-15(21-12)20-10-3-2-4-11(22)5-10/h2-5,7,22H,1H3,(H2,17,19)(H,18,20,21). The Morgan fingerprint density at radius 1 is 1.35 bits per heavy atom. The topological polar surface area (TPSA) is 121 Å². The molecule has 3 aromatic rings. The van der Waals surface area contributed by atoms with E-state index in [0.717, 1.165) is 4.88 Å². The number of phenols is 1. The number of benzene rings is 1. The highest BCUT2D eigenvalue weighted by atomic mass is 32.1. The van der Waals surface area contributed by atoms with Crippen molar-refractivity contribution in [2.45, 2.75) is 6.92 Å². The lowest BCUT2D eigenvalue weighted by molar-refractivity contribution is 0.475. The van der Waals surface area contributed by atoms with Crippen LogP contribution >= 0.6 is 11.3 Å². The molecule has 23 heavy (non-hydrogen) atoms. The summed E-state index contributed by atoms with van der Waals surface area (Å²) in [5, 5.41) is 22.2. The molecule has 0 aliphatic heterocycles. The maximum atomic E-state index is 9.50. The highest BCUT2D eigenvalue weighted by Gasteiger charge is 2.15. The fraction of sp³-hybridized carbons (Fsp3) is 0.0667. The lowest BCUT2D eigenvalue weighted by Gasteiger charge is -2.07. The van der Waals surface area contributed by atoms with E-state index in [2.05, 4.69) is 26.3 Å². The van der Waals surface area contributed by atoms with Gasteiger partial charge in [-0.05, 0) is 19.1 Å². The zero-order valence-electron chi connectivity index (χ0n) is 12.1. The number of nitrogen functional groups attached to an aromatic ring is 1. The molecule has 0 spiro atoms. The summed E-state index contributed by atoms with van der Waals surface area (Å²) in [7, 11) is 0. The average Bonchev–Trinajstić information content (AvgIpc) is 2.86. The molecule has 0 bridgehead atoms. The van der Waals surface area contributed by atoms with Crippen molar-refractivity contribution in [1.29, 1.82) is 5.26 Å². The van der Waals surface area contributed by atoms with E-state index in [-0.39, 0.29) is 5.75 Å². The number of nitrogens with zero attached hydrogens (tertiary/aromatic N) is 4. The predicted molar refractivity (Wildman–Crippen MR) is 88.4 cm³/mol. The number of hydrogen-bond donors (Lipinski definition) is 3. The molecule has 2 aromatic heterocycles. The van der Waals surface area contributed by atoms with Crippen LogP contribution in [0.2, 0.25) is 0 Å². The normalized spacial score (nSPS) is 10.3. The van der Waals surface area contributed by atoms with E-state index in [0.29, 0.717) is 33.7 Å². The Kier molecular flexibility index (Phi) is 3.78. The van der Waals surface area contributed by atoms with Crippen molar-refractivity contribution >= 4 is 28.1 Å². The van der Waals surface area contributed by atoms with Gasteiger partial charge in [-0.25, -0.2) is 15.0 Å². The number of nitriles is 1. The molecule has 3 rings (SSSR count). The first kappa shape index (κ1) is 14.7. The zero-order valence-corrected chi connectivity index (χ0v) is 12.9. The number of nitrogens with two attached hydrogens (primary N) is 1. The minimum Gasteiger partial charge on any atom is -0.508 e. The summed E-state index contributed by atoms with van der Waals surface area (Å²) in [6.45, 7) is 1.81. The molecule has 0 saturated heterocycles. The number of hydrogen-bond acceptors (Lipinski definition) is 8. The number of aryl methyl sites for hydroxylation is 1. The van der Waals surface area contributed by atoms with Crippen LogP contribution in [-0.4, -0.2) is 20.1 Å². The molecule has 4 N–H and O–H groups in total. The summed E-state index contributed by atoms with van der Waals surface area (Å²) < 4.78 is 0. The van der Waals surface area contributed by atoms with Crippen LogP contribution in [0.25, 0.3) is 10.6 Å². The fourth-order valence-corrected chi connectivity index (χ4v) is 2.88. The Labute approximate surface area is 136 Å². The third kappa shape index (κ3) is 3.04. The van der Waals surface area contributed by atoms with E-state index in [1.807, 2.05) is 6.92 Å². The Morgan fingerprint density at radius 3 is 2.83 bits per heavy atom. The highest BCUT2D eigenvalue weighted by Crippen LogP contribution is 2.32. The van der Waals surface area contributed by atoms with Crippen molar-refractivity contribution in [3.05, 3.63) is 41.7 Å². The lowest BCUT2D eigenvalue weighted by Crippen LogP contribution is -2.00. The summed E-state index contributed by atoms with van der Waals surface area (Å²) in [4.78, 5) is 13.4. The van der Waals surface area contributed by atoms with Crippen LogP contribution in [0.15, 0.2) is 30.5 Å². The van der Waals surface area contributed by atoms with Gasteiger partial charge in [0.25, 0.3) is 0 Å². The summed E-state index contributed by atoms with van der Waals surface area (Å²) >= 11 is 1.27. The van der Waals surface area contributed by atoms with Crippen molar-refractivity contribution in [3.8, 4) is 22.4 Å². The first-order chi connectivity index (χ1) is 11.1. The summed E-state index contributed by atoms with van der Waals surface area (Å²) in [6.07, 6.45) is 1.45. The second kappa shape index (κ2) is 5.90. The third-order valence-corrected chi connectivity index (χ3v) is 4.03. The van der Waals surface area contributed by atoms with Gasteiger partial charge in [-0.3, -0.25) is 0 Å². The van der Waals surface area contributed by atoms with Crippen LogP contribution in [0, 0.1) is 18.3 Å². The first-order valence-corrected chi connectivity index (χ1v) is 7.45. The van der Waals surface area contributed by atoms with Gasteiger partial charge in [0.2, 0.25) is 5.95 Å². The fourth-order valence-electron chi connectivity index (χ4n) is 2.05. The van der Waals surface area contributed by atoms with E-state index in [1.54, 1.807) is 24.3 Å². The third-order valence-electron chi connectivity index (χ3n) is 3.04. The van der Waals surface area contributed by atoms with Crippen LogP contribution in [0.4, 0.5) is 16.8 Å². The Morgan fingerprint density at radius 2 is 2.17 bits per heavy atom. The average molecular weight is 324 g/mol. The van der Waals surface area contributed by atoms with Gasteiger partial charge in [0.05, 0.1) is 22.3 Å². The molecule has 7 nitrogen and oxygen atoms in total. The van der Waals surface area contributed by atoms with Gasteiger partial charge in [-0.1, -0.05) is 17.4 Å². The molecule has 0 amide bonds. The molecule has 0 fully saturated rings. The van der Waals surface area contributed by atoms with Crippen LogP contribution in [0.1, 0.15) is 11.3 Å². The van der Waals surface area contributed by atoms with Gasteiger partial charge in [0, 0.05) is 11.8 Å². The Bertz CT molecular complexity index is 915.